The van der Waals surface area contributed by atoms with E-state index < -0.39 is 0 Å². The molecule has 0 fully saturated rings. The van der Waals surface area contributed by atoms with E-state index in [1.807, 2.05) is 34.9 Å². The Morgan fingerprint density at radius 3 is 2.26 bits per heavy atom. The van der Waals surface area contributed by atoms with Crippen LogP contribution < -0.4 is 0 Å². The van der Waals surface area contributed by atoms with E-state index in [0.717, 1.165) is 28.0 Å². The molecule has 1 heterocycles. The van der Waals surface area contributed by atoms with Crippen molar-refractivity contribution in [3.05, 3.63) is 95.8 Å². The van der Waals surface area contributed by atoms with Crippen molar-refractivity contribution in [1.29, 1.82) is 0 Å². The van der Waals surface area contributed by atoms with Crippen LogP contribution >= 0.6 is 11.8 Å². The third kappa shape index (κ3) is 3.93. The highest BCUT2D eigenvalue weighted by Crippen LogP contribution is 2.29. The zero-order valence-electron chi connectivity index (χ0n) is 14.8. The molecule has 0 N–H and O–H groups in total. The SMILES string of the molecule is Cc1ccc(CSc2nnc(-c3ccccc3)n2-c2ccc(F)cc2)cc1. The third-order valence-electron chi connectivity index (χ3n) is 4.24. The largest absolute Gasteiger partial charge is 0.270 e. The second-order valence-corrected chi connectivity index (χ2v) is 7.20. The number of thioether (sulfide) groups is 1. The summed E-state index contributed by atoms with van der Waals surface area (Å²) in [4.78, 5) is 0. The van der Waals surface area contributed by atoms with Gasteiger partial charge in [0.15, 0.2) is 11.0 Å². The van der Waals surface area contributed by atoms with Crippen molar-refractivity contribution in [1.82, 2.24) is 14.8 Å². The summed E-state index contributed by atoms with van der Waals surface area (Å²) in [6, 6.07) is 24.8. The highest BCUT2D eigenvalue weighted by atomic mass is 32.2. The Bertz CT molecular complexity index is 1030. The summed E-state index contributed by atoms with van der Waals surface area (Å²) in [5.41, 5.74) is 4.27. The molecule has 0 amide bonds. The summed E-state index contributed by atoms with van der Waals surface area (Å²) in [6.07, 6.45) is 0. The summed E-state index contributed by atoms with van der Waals surface area (Å²) in [6.45, 7) is 2.08. The molecule has 0 aliphatic heterocycles. The lowest BCUT2D eigenvalue weighted by molar-refractivity contribution is 0.627. The predicted octanol–water partition coefficient (Wildman–Crippen LogP) is 5.67. The van der Waals surface area contributed by atoms with Gasteiger partial charge in [-0.1, -0.05) is 71.9 Å². The maximum atomic E-state index is 13.4. The number of aromatic nitrogens is 3. The average Bonchev–Trinajstić information content (AvgIpc) is 3.13. The van der Waals surface area contributed by atoms with Crippen molar-refractivity contribution in [2.45, 2.75) is 17.8 Å². The number of benzene rings is 3. The molecule has 0 bridgehead atoms. The predicted molar refractivity (Wildman–Crippen MR) is 107 cm³/mol. The van der Waals surface area contributed by atoms with E-state index in [2.05, 4.69) is 41.4 Å². The first-order valence-corrected chi connectivity index (χ1v) is 9.64. The Kier molecular flexibility index (Phi) is 5.03. The van der Waals surface area contributed by atoms with Crippen LogP contribution in [0.5, 0.6) is 0 Å². The van der Waals surface area contributed by atoms with Gasteiger partial charge < -0.3 is 0 Å². The van der Waals surface area contributed by atoms with Crippen molar-refractivity contribution < 1.29 is 4.39 Å². The van der Waals surface area contributed by atoms with E-state index in [0.29, 0.717) is 0 Å². The highest BCUT2D eigenvalue weighted by Gasteiger charge is 2.16. The van der Waals surface area contributed by atoms with Gasteiger partial charge in [0.05, 0.1) is 0 Å². The summed E-state index contributed by atoms with van der Waals surface area (Å²) >= 11 is 1.62. The molecule has 0 unspecified atom stereocenters. The topological polar surface area (TPSA) is 30.7 Å². The molecular formula is C22H18FN3S. The summed E-state index contributed by atoms with van der Waals surface area (Å²) in [5, 5.41) is 9.59. The van der Waals surface area contributed by atoms with E-state index in [1.54, 1.807) is 23.9 Å². The Morgan fingerprint density at radius 2 is 1.56 bits per heavy atom. The Morgan fingerprint density at radius 1 is 0.852 bits per heavy atom. The Balaban J connectivity index is 1.71. The minimum atomic E-state index is -0.262. The van der Waals surface area contributed by atoms with Crippen LogP contribution in [0.1, 0.15) is 11.1 Å². The number of rotatable bonds is 5. The van der Waals surface area contributed by atoms with E-state index in [1.165, 1.54) is 23.3 Å². The third-order valence-corrected chi connectivity index (χ3v) is 5.24. The average molecular weight is 375 g/mol. The molecule has 0 spiro atoms. The Hall–Kier alpha value is -2.92. The van der Waals surface area contributed by atoms with Gasteiger partial charge in [-0.25, -0.2) is 4.39 Å². The van der Waals surface area contributed by atoms with Crippen molar-refractivity contribution in [2.24, 2.45) is 0 Å². The molecule has 134 valence electrons. The second-order valence-electron chi connectivity index (χ2n) is 6.26. The van der Waals surface area contributed by atoms with E-state index >= 15 is 0 Å². The van der Waals surface area contributed by atoms with Gasteiger partial charge in [0.1, 0.15) is 5.82 Å². The molecule has 1 aromatic heterocycles. The minimum Gasteiger partial charge on any atom is -0.270 e. The lowest BCUT2D eigenvalue weighted by atomic mass is 10.2. The lowest BCUT2D eigenvalue weighted by Crippen LogP contribution is -2.00. The quantitative estimate of drug-likeness (QED) is 0.421. The number of nitrogens with zero attached hydrogens (tertiary/aromatic N) is 3. The molecule has 0 atom stereocenters. The minimum absolute atomic E-state index is 0.262. The smallest absolute Gasteiger partial charge is 0.196 e. The second kappa shape index (κ2) is 7.76. The van der Waals surface area contributed by atoms with Gasteiger partial charge in [0.25, 0.3) is 0 Å². The first-order valence-electron chi connectivity index (χ1n) is 8.66. The van der Waals surface area contributed by atoms with Crippen molar-refractivity contribution in [2.75, 3.05) is 0 Å². The van der Waals surface area contributed by atoms with Crippen LogP contribution in [-0.4, -0.2) is 14.8 Å². The maximum absolute atomic E-state index is 13.4. The van der Waals surface area contributed by atoms with Gasteiger partial charge >= 0.3 is 0 Å². The molecule has 3 aromatic carbocycles. The standard InChI is InChI=1S/C22H18FN3S/c1-16-7-9-17(10-8-16)15-27-22-25-24-21(18-5-3-2-4-6-18)26(22)20-13-11-19(23)12-14-20/h2-14H,15H2,1H3. The van der Waals surface area contributed by atoms with Gasteiger partial charge in [-0.3, -0.25) is 4.57 Å². The summed E-state index contributed by atoms with van der Waals surface area (Å²) in [5.74, 6) is 1.27. The molecule has 4 aromatic rings. The van der Waals surface area contributed by atoms with Crippen LogP contribution in [-0.2, 0) is 5.75 Å². The lowest BCUT2D eigenvalue weighted by Gasteiger charge is -2.10. The number of hydrogen-bond donors (Lipinski definition) is 0. The molecule has 0 aliphatic rings. The first-order chi connectivity index (χ1) is 13.2. The van der Waals surface area contributed by atoms with E-state index in [9.17, 15) is 4.39 Å². The van der Waals surface area contributed by atoms with Crippen LogP contribution in [0, 0.1) is 12.7 Å². The van der Waals surface area contributed by atoms with Crippen LogP contribution in [0.3, 0.4) is 0 Å². The molecule has 0 radical (unpaired) electrons. The van der Waals surface area contributed by atoms with Gasteiger partial charge in [-0.15, -0.1) is 10.2 Å². The van der Waals surface area contributed by atoms with Crippen molar-refractivity contribution in [3.63, 3.8) is 0 Å². The zero-order valence-corrected chi connectivity index (χ0v) is 15.7. The van der Waals surface area contributed by atoms with Crippen LogP contribution in [0.15, 0.2) is 84.0 Å². The fourth-order valence-electron chi connectivity index (χ4n) is 2.79. The number of halogens is 1. The molecule has 0 saturated carbocycles. The molecule has 27 heavy (non-hydrogen) atoms. The van der Waals surface area contributed by atoms with Crippen LogP contribution in [0.25, 0.3) is 17.1 Å². The fourth-order valence-corrected chi connectivity index (χ4v) is 3.70. The van der Waals surface area contributed by atoms with Crippen molar-refractivity contribution >= 4 is 11.8 Å². The first kappa shape index (κ1) is 17.5. The molecule has 0 aliphatic carbocycles. The van der Waals surface area contributed by atoms with Gasteiger partial charge in [0.2, 0.25) is 0 Å². The molecule has 4 rings (SSSR count). The monoisotopic (exact) mass is 375 g/mol. The van der Waals surface area contributed by atoms with E-state index in [4.69, 9.17) is 0 Å². The number of hydrogen-bond acceptors (Lipinski definition) is 3. The molecule has 3 nitrogen and oxygen atoms in total. The fraction of sp³-hybridized carbons (Fsp3) is 0.0909. The summed E-state index contributed by atoms with van der Waals surface area (Å²) in [7, 11) is 0. The van der Waals surface area contributed by atoms with Crippen LogP contribution in [0.2, 0.25) is 0 Å². The zero-order chi connectivity index (χ0) is 18.6. The van der Waals surface area contributed by atoms with Crippen LogP contribution in [0.4, 0.5) is 4.39 Å². The highest BCUT2D eigenvalue weighted by molar-refractivity contribution is 7.98. The summed E-state index contributed by atoms with van der Waals surface area (Å²) < 4.78 is 15.4. The molecule has 0 saturated heterocycles. The van der Waals surface area contributed by atoms with Crippen molar-refractivity contribution in [3.8, 4) is 17.1 Å². The molecule has 5 heteroatoms. The van der Waals surface area contributed by atoms with Gasteiger partial charge in [-0.2, -0.15) is 0 Å². The molecular weight excluding hydrogens is 357 g/mol. The van der Waals surface area contributed by atoms with Gasteiger partial charge in [0, 0.05) is 17.0 Å². The Labute approximate surface area is 161 Å². The van der Waals surface area contributed by atoms with Gasteiger partial charge in [-0.05, 0) is 36.8 Å². The van der Waals surface area contributed by atoms with E-state index in [-0.39, 0.29) is 5.82 Å². The number of aryl methyl sites for hydroxylation is 1. The maximum Gasteiger partial charge on any atom is 0.196 e. The normalized spacial score (nSPS) is 10.9.